The number of nitrogens with zero attached hydrogens (tertiary/aromatic N) is 6. The minimum absolute atomic E-state index is 0.0225. The predicted molar refractivity (Wildman–Crippen MR) is 274 cm³/mol. The van der Waals surface area contributed by atoms with Crippen LogP contribution in [0.15, 0.2) is 71.4 Å². The number of hydrogen-bond acceptors (Lipinski definition) is 12. The number of halogens is 1. The van der Waals surface area contributed by atoms with E-state index in [2.05, 4.69) is 62.3 Å². The summed E-state index contributed by atoms with van der Waals surface area (Å²) in [4.78, 5) is 87.9. The third-order valence-corrected chi connectivity index (χ3v) is 14.2. The van der Waals surface area contributed by atoms with Gasteiger partial charge in [0.1, 0.15) is 29.1 Å². The zero-order valence-electron chi connectivity index (χ0n) is 42.0. The zero-order chi connectivity index (χ0) is 51.8. The number of imide groups is 1. The van der Waals surface area contributed by atoms with Gasteiger partial charge in [-0.1, -0.05) is 54.4 Å². The highest BCUT2D eigenvalue weighted by Gasteiger charge is 2.45. The van der Waals surface area contributed by atoms with Gasteiger partial charge >= 0.3 is 0 Å². The van der Waals surface area contributed by atoms with E-state index in [4.69, 9.17) is 30.6 Å². The standard InChI is InChI=1S/C54H64ClN9O9/c1-33-13-17-43(52(68)58-33)64-53(69)39-11-10-12-45(51(39)54(64)70)72-32-48(66)57-24-9-7-6-8-23-56-47(65)21-22-49(67)62-27-25-61(26-28-62)34(2)31-63-42-18-16-38(50-35(3)60-73-36(50)4)30-41(42)59-46(63)20-15-37-14-19-44(71-5)40(55)29-37/h10-12,14,16,18-19,29-30,34,43H,1,6-9,13,15,17,20-28,31-32H2,2-5H3,(H,56,65)(H,57,66)(H,58,68)/t34-,43?/m0/s1. The Morgan fingerprint density at radius 3 is 2.34 bits per heavy atom. The molecule has 19 heteroatoms. The van der Waals surface area contributed by atoms with Gasteiger partial charge in [-0.15, -0.1) is 0 Å². The van der Waals surface area contributed by atoms with Gasteiger partial charge in [0, 0.05) is 82.4 Å². The minimum atomic E-state index is -0.948. The summed E-state index contributed by atoms with van der Waals surface area (Å²) in [7, 11) is 1.61. The second-order valence-corrected chi connectivity index (χ2v) is 19.4. The van der Waals surface area contributed by atoms with E-state index in [0.717, 1.165) is 95.2 Å². The molecule has 3 aromatic carbocycles. The van der Waals surface area contributed by atoms with Crippen LogP contribution < -0.4 is 25.4 Å². The van der Waals surface area contributed by atoms with E-state index in [-0.39, 0.29) is 66.5 Å². The number of allylic oxidation sites excluding steroid dienone is 1. The van der Waals surface area contributed by atoms with Gasteiger partial charge in [0.15, 0.2) is 6.61 Å². The SMILES string of the molecule is C=C1CCC(N2C(=O)c3cccc(OCC(=O)NCCCCCCNC(=O)CCC(=O)N4CCN([C@@H](C)Cn5c(CCc6ccc(OC)c(Cl)c6)nc6cc(-c7c(C)noc7C)ccc65)CC4)c3C2=O)C(=O)N1. The lowest BCUT2D eigenvalue weighted by Crippen LogP contribution is -2.52. The highest BCUT2D eigenvalue weighted by atomic mass is 35.5. The molecule has 0 spiro atoms. The van der Waals surface area contributed by atoms with E-state index in [0.29, 0.717) is 61.9 Å². The Kier molecular flexibility index (Phi) is 16.9. The number of amides is 6. The number of carbonyl (C=O) groups is 6. The van der Waals surface area contributed by atoms with Crippen molar-refractivity contribution in [1.82, 2.24) is 45.4 Å². The van der Waals surface area contributed by atoms with E-state index in [1.807, 2.05) is 36.9 Å². The van der Waals surface area contributed by atoms with Crippen molar-refractivity contribution in [3.8, 4) is 22.6 Å². The number of rotatable bonds is 22. The molecule has 6 amide bonds. The summed E-state index contributed by atoms with van der Waals surface area (Å²) in [6.45, 7) is 13.7. The number of hydrogen-bond donors (Lipinski definition) is 3. The van der Waals surface area contributed by atoms with E-state index in [9.17, 15) is 28.8 Å². The fourth-order valence-corrected chi connectivity index (χ4v) is 10.2. The zero-order valence-corrected chi connectivity index (χ0v) is 42.8. The number of nitrogens with one attached hydrogen (secondary N) is 3. The third-order valence-electron chi connectivity index (χ3n) is 14.0. The molecular weight excluding hydrogens is 954 g/mol. The number of aryl methyl sites for hydroxylation is 4. The molecule has 2 saturated heterocycles. The van der Waals surface area contributed by atoms with Crippen LogP contribution >= 0.6 is 11.6 Å². The quantitative estimate of drug-likeness (QED) is 0.0513. The van der Waals surface area contributed by atoms with Crippen LogP contribution in [0.3, 0.4) is 0 Å². The third kappa shape index (κ3) is 12.2. The highest BCUT2D eigenvalue weighted by molar-refractivity contribution is 6.32. The lowest BCUT2D eigenvalue weighted by atomic mass is 10.0. The van der Waals surface area contributed by atoms with Gasteiger partial charge in [-0.25, -0.2) is 4.98 Å². The summed E-state index contributed by atoms with van der Waals surface area (Å²) in [6.07, 6.45) is 5.61. The van der Waals surface area contributed by atoms with Crippen LogP contribution in [0.4, 0.5) is 0 Å². The Balaban J connectivity index is 0.717. The molecule has 1 unspecified atom stereocenters. The Morgan fingerprint density at radius 1 is 0.890 bits per heavy atom. The molecule has 3 aliphatic heterocycles. The van der Waals surface area contributed by atoms with Gasteiger partial charge in [-0.05, 0) is 100 Å². The molecule has 0 aliphatic carbocycles. The first kappa shape index (κ1) is 52.3. The maximum absolute atomic E-state index is 13.3. The molecule has 5 heterocycles. The summed E-state index contributed by atoms with van der Waals surface area (Å²) in [5.41, 5.74) is 6.57. The molecule has 3 N–H and O–H groups in total. The van der Waals surface area contributed by atoms with Crippen LogP contribution in [-0.4, -0.2) is 130 Å². The summed E-state index contributed by atoms with van der Waals surface area (Å²) >= 11 is 6.47. The normalized spacial score (nSPS) is 16.4. The van der Waals surface area contributed by atoms with Crippen LogP contribution in [0.2, 0.25) is 5.02 Å². The second-order valence-electron chi connectivity index (χ2n) is 19.0. The van der Waals surface area contributed by atoms with Crippen molar-refractivity contribution in [2.75, 3.05) is 53.0 Å². The van der Waals surface area contributed by atoms with Crippen molar-refractivity contribution in [2.45, 2.75) is 104 Å². The molecule has 18 nitrogen and oxygen atoms in total. The van der Waals surface area contributed by atoms with Gasteiger partial charge in [0.05, 0.1) is 40.0 Å². The number of piperazine rings is 1. The summed E-state index contributed by atoms with van der Waals surface area (Å²) in [6, 6.07) is 16.0. The van der Waals surface area contributed by atoms with Crippen molar-refractivity contribution in [3.63, 3.8) is 0 Å². The number of carbonyl (C=O) groups excluding carboxylic acids is 6. The number of unbranched alkanes of at least 4 members (excludes halogenated alkanes) is 3. The molecule has 2 atom stereocenters. The summed E-state index contributed by atoms with van der Waals surface area (Å²) in [5.74, 6) is 0.261. The lowest BCUT2D eigenvalue weighted by Gasteiger charge is -2.38. The number of fused-ring (bicyclic) bond motifs is 2. The van der Waals surface area contributed by atoms with Crippen LogP contribution in [0.25, 0.3) is 22.2 Å². The predicted octanol–water partition coefficient (Wildman–Crippen LogP) is 6.33. The first-order valence-corrected chi connectivity index (χ1v) is 25.5. The van der Waals surface area contributed by atoms with Crippen molar-refractivity contribution in [1.29, 1.82) is 0 Å². The molecule has 386 valence electrons. The van der Waals surface area contributed by atoms with Gasteiger partial charge in [0.25, 0.3) is 17.7 Å². The maximum atomic E-state index is 13.3. The van der Waals surface area contributed by atoms with Crippen molar-refractivity contribution < 1.29 is 42.8 Å². The maximum Gasteiger partial charge on any atom is 0.266 e. The number of imidazole rings is 1. The van der Waals surface area contributed by atoms with Crippen molar-refractivity contribution in [2.24, 2.45) is 0 Å². The molecule has 5 aromatic rings. The Labute approximate surface area is 429 Å². The monoisotopic (exact) mass is 1020 g/mol. The largest absolute Gasteiger partial charge is 0.495 e. The van der Waals surface area contributed by atoms with Crippen LogP contribution in [-0.2, 0) is 38.6 Å². The molecule has 0 saturated carbocycles. The Bertz CT molecular complexity index is 2880. The number of ether oxygens (including phenoxy) is 2. The number of benzene rings is 3. The smallest absolute Gasteiger partial charge is 0.266 e. The molecular formula is C54H64ClN9O9. The fourth-order valence-electron chi connectivity index (χ4n) is 9.94. The van der Waals surface area contributed by atoms with E-state index in [1.54, 1.807) is 13.2 Å². The number of piperidine rings is 1. The molecule has 3 aliphatic rings. The van der Waals surface area contributed by atoms with Crippen LogP contribution in [0, 0.1) is 13.8 Å². The van der Waals surface area contributed by atoms with Crippen molar-refractivity contribution >= 4 is 58.1 Å². The van der Waals surface area contributed by atoms with Crippen LogP contribution in [0.1, 0.15) is 102 Å². The molecule has 2 aromatic heterocycles. The minimum Gasteiger partial charge on any atom is -0.495 e. The number of aromatic nitrogens is 3. The summed E-state index contributed by atoms with van der Waals surface area (Å²) < 4.78 is 18.8. The molecule has 2 fully saturated rings. The van der Waals surface area contributed by atoms with Crippen molar-refractivity contribution in [3.05, 3.63) is 106 Å². The molecule has 0 bridgehead atoms. The second kappa shape index (κ2) is 23.7. The van der Waals surface area contributed by atoms with Gasteiger partial charge in [-0.3, -0.25) is 38.6 Å². The molecule has 73 heavy (non-hydrogen) atoms. The van der Waals surface area contributed by atoms with E-state index in [1.165, 1.54) is 12.1 Å². The van der Waals surface area contributed by atoms with Gasteiger partial charge in [0.2, 0.25) is 17.7 Å². The summed E-state index contributed by atoms with van der Waals surface area (Å²) in [5, 5.41) is 13.1. The van der Waals surface area contributed by atoms with E-state index >= 15 is 0 Å². The molecule has 0 radical (unpaired) electrons. The Morgan fingerprint density at radius 2 is 1.64 bits per heavy atom. The highest BCUT2D eigenvalue weighted by Crippen LogP contribution is 2.35. The topological polar surface area (TPSA) is 211 Å². The first-order valence-electron chi connectivity index (χ1n) is 25.1. The van der Waals surface area contributed by atoms with E-state index < -0.39 is 23.8 Å². The molecule has 8 rings (SSSR count). The average molecular weight is 1020 g/mol. The number of methoxy groups -OCH3 is 1. The average Bonchev–Trinajstić information content (AvgIpc) is 4.00. The Hall–Kier alpha value is -7.05. The lowest BCUT2D eigenvalue weighted by molar-refractivity contribution is -0.135. The fraction of sp³-hybridized carbons (Fsp3) is 0.444. The van der Waals surface area contributed by atoms with Gasteiger partial charge in [-0.2, -0.15) is 0 Å². The first-order chi connectivity index (χ1) is 35.2. The van der Waals surface area contributed by atoms with Gasteiger partial charge < -0.3 is 39.4 Å². The van der Waals surface area contributed by atoms with Crippen LogP contribution in [0.5, 0.6) is 11.5 Å².